The first-order valence-electron chi connectivity index (χ1n) is 7.45. The highest BCUT2D eigenvalue weighted by Gasteiger charge is 2.11. The Balaban J connectivity index is 2.10. The van der Waals surface area contributed by atoms with E-state index in [9.17, 15) is 4.79 Å². The van der Waals surface area contributed by atoms with Crippen molar-refractivity contribution in [2.24, 2.45) is 0 Å². The Morgan fingerprint density at radius 3 is 2.35 bits per heavy atom. The van der Waals surface area contributed by atoms with Crippen LogP contribution in [-0.4, -0.2) is 4.98 Å². The van der Waals surface area contributed by atoms with E-state index in [4.69, 9.17) is 9.40 Å². The number of aromatic nitrogens is 1. The molecule has 0 saturated carbocycles. The smallest absolute Gasteiger partial charge is 0.345 e. The van der Waals surface area contributed by atoms with E-state index in [0.29, 0.717) is 16.5 Å². The molecule has 2 heterocycles. The maximum absolute atomic E-state index is 12.3. The minimum Gasteiger partial charge on any atom is -0.422 e. The van der Waals surface area contributed by atoms with Crippen LogP contribution in [-0.2, 0) is 0 Å². The van der Waals surface area contributed by atoms with Crippen molar-refractivity contribution in [1.82, 2.24) is 4.98 Å². The molecular weight excluding hydrogens is 286 g/mol. The molecule has 3 heteroatoms. The highest BCUT2D eigenvalue weighted by Crippen LogP contribution is 2.28. The third kappa shape index (κ3) is 1.70. The van der Waals surface area contributed by atoms with Gasteiger partial charge >= 0.3 is 5.63 Å². The van der Waals surface area contributed by atoms with E-state index in [2.05, 4.69) is 12.1 Å². The number of pyridine rings is 1. The molecule has 0 fully saturated rings. The molecule has 0 aliphatic carbocycles. The van der Waals surface area contributed by atoms with E-state index < -0.39 is 0 Å². The van der Waals surface area contributed by atoms with E-state index in [1.165, 1.54) is 0 Å². The lowest BCUT2D eigenvalue weighted by molar-refractivity contribution is 0.569. The lowest BCUT2D eigenvalue weighted by Gasteiger charge is -2.06. The number of para-hydroxylation sites is 1. The van der Waals surface area contributed by atoms with Crippen LogP contribution in [0.2, 0.25) is 0 Å². The maximum atomic E-state index is 12.3. The van der Waals surface area contributed by atoms with Gasteiger partial charge in [0.2, 0.25) is 0 Å². The van der Waals surface area contributed by atoms with Gasteiger partial charge in [0, 0.05) is 16.2 Å². The van der Waals surface area contributed by atoms with Gasteiger partial charge in [0.15, 0.2) is 0 Å². The molecule has 0 saturated heterocycles. The number of fused-ring (bicyclic) bond motifs is 6. The second-order valence-corrected chi connectivity index (χ2v) is 5.63. The van der Waals surface area contributed by atoms with Crippen molar-refractivity contribution < 1.29 is 4.42 Å². The highest BCUT2D eigenvalue weighted by atomic mass is 16.4. The molecule has 23 heavy (non-hydrogen) atoms. The van der Waals surface area contributed by atoms with E-state index in [1.807, 2.05) is 48.5 Å². The molecule has 3 nitrogen and oxygen atoms in total. The molecule has 3 aromatic carbocycles. The van der Waals surface area contributed by atoms with Crippen LogP contribution in [0.15, 0.2) is 75.9 Å². The Kier molecular flexibility index (Phi) is 2.36. The minimum atomic E-state index is -0.346. The van der Waals surface area contributed by atoms with Crippen LogP contribution in [0.4, 0.5) is 0 Å². The molecular formula is C20H11NO2. The average molecular weight is 297 g/mol. The van der Waals surface area contributed by atoms with Crippen LogP contribution in [0.25, 0.3) is 43.5 Å². The first kappa shape index (κ1) is 12.4. The Labute approximate surface area is 130 Å². The number of rotatable bonds is 0. The van der Waals surface area contributed by atoms with Crippen LogP contribution >= 0.6 is 0 Å². The molecule has 108 valence electrons. The van der Waals surface area contributed by atoms with Crippen LogP contribution in [0.3, 0.4) is 0 Å². The second-order valence-electron chi connectivity index (χ2n) is 5.63. The van der Waals surface area contributed by atoms with Crippen molar-refractivity contribution in [3.05, 3.63) is 77.2 Å². The Morgan fingerprint density at radius 1 is 0.696 bits per heavy atom. The van der Waals surface area contributed by atoms with Crippen molar-refractivity contribution in [2.45, 2.75) is 0 Å². The Morgan fingerprint density at radius 2 is 1.43 bits per heavy atom. The molecule has 0 radical (unpaired) electrons. The molecule has 0 spiro atoms. The summed E-state index contributed by atoms with van der Waals surface area (Å²) in [7, 11) is 0. The van der Waals surface area contributed by atoms with Crippen molar-refractivity contribution >= 4 is 43.5 Å². The topological polar surface area (TPSA) is 43.1 Å². The van der Waals surface area contributed by atoms with Gasteiger partial charge in [0.1, 0.15) is 5.58 Å². The average Bonchev–Trinajstić information content (AvgIpc) is 2.60. The van der Waals surface area contributed by atoms with Gasteiger partial charge in [-0.25, -0.2) is 9.78 Å². The van der Waals surface area contributed by atoms with Crippen LogP contribution in [0.5, 0.6) is 0 Å². The van der Waals surface area contributed by atoms with Gasteiger partial charge < -0.3 is 4.42 Å². The van der Waals surface area contributed by atoms with Gasteiger partial charge in [-0.2, -0.15) is 0 Å². The Bertz CT molecular complexity index is 1290. The fourth-order valence-corrected chi connectivity index (χ4v) is 3.18. The zero-order valence-corrected chi connectivity index (χ0v) is 12.1. The molecule has 5 rings (SSSR count). The molecule has 0 atom stereocenters. The first-order chi connectivity index (χ1) is 11.3. The molecule has 0 aliphatic rings. The summed E-state index contributed by atoms with van der Waals surface area (Å²) in [6, 6.07) is 21.6. The maximum Gasteiger partial charge on any atom is 0.345 e. The van der Waals surface area contributed by atoms with Gasteiger partial charge in [-0.1, -0.05) is 48.5 Å². The van der Waals surface area contributed by atoms with Crippen molar-refractivity contribution in [1.29, 1.82) is 0 Å². The monoisotopic (exact) mass is 297 g/mol. The SMILES string of the molecule is O=c1oc2ccccc2c2nc3c(ccc4ccccc43)cc12. The lowest BCUT2D eigenvalue weighted by Crippen LogP contribution is -2.01. The first-order valence-corrected chi connectivity index (χ1v) is 7.45. The quantitative estimate of drug-likeness (QED) is 0.237. The summed E-state index contributed by atoms with van der Waals surface area (Å²) in [6.07, 6.45) is 0. The molecule has 5 aromatic rings. The van der Waals surface area contributed by atoms with Gasteiger partial charge in [-0.05, 0) is 23.6 Å². The summed E-state index contributed by atoms with van der Waals surface area (Å²) in [6.45, 7) is 0. The molecule has 0 unspecified atom stereocenters. The highest BCUT2D eigenvalue weighted by molar-refractivity contribution is 6.11. The summed E-state index contributed by atoms with van der Waals surface area (Å²) < 4.78 is 5.42. The third-order valence-corrected chi connectivity index (χ3v) is 4.28. The largest absolute Gasteiger partial charge is 0.422 e. The molecule has 0 aliphatic heterocycles. The van der Waals surface area contributed by atoms with E-state index in [-0.39, 0.29) is 5.63 Å². The predicted octanol–water partition coefficient (Wildman–Crippen LogP) is 4.65. The standard InChI is InChI=1S/C20H11NO2/c22-20-16-11-13-10-9-12-5-1-2-6-14(12)18(13)21-19(16)15-7-3-4-8-17(15)23-20/h1-11H. The summed E-state index contributed by atoms with van der Waals surface area (Å²) in [4.78, 5) is 17.1. The number of hydrogen-bond donors (Lipinski definition) is 0. The van der Waals surface area contributed by atoms with Crippen LogP contribution in [0, 0.1) is 0 Å². The molecule has 0 bridgehead atoms. The third-order valence-electron chi connectivity index (χ3n) is 4.28. The van der Waals surface area contributed by atoms with Gasteiger partial charge in [-0.15, -0.1) is 0 Å². The predicted molar refractivity (Wildman–Crippen MR) is 92.8 cm³/mol. The summed E-state index contributed by atoms with van der Waals surface area (Å²) in [5.41, 5.74) is 1.82. The van der Waals surface area contributed by atoms with Crippen molar-refractivity contribution in [3.63, 3.8) is 0 Å². The summed E-state index contributed by atoms with van der Waals surface area (Å²) in [5.74, 6) is 0. The molecule has 2 aromatic heterocycles. The number of benzene rings is 3. The number of hydrogen-bond acceptors (Lipinski definition) is 3. The Hall–Kier alpha value is -3.20. The molecule has 0 N–H and O–H groups in total. The second kappa shape index (κ2) is 4.40. The van der Waals surface area contributed by atoms with Gasteiger partial charge in [-0.3, -0.25) is 0 Å². The normalized spacial score (nSPS) is 11.7. The van der Waals surface area contributed by atoms with E-state index in [1.54, 1.807) is 6.07 Å². The zero-order valence-electron chi connectivity index (χ0n) is 12.1. The van der Waals surface area contributed by atoms with E-state index >= 15 is 0 Å². The number of nitrogens with zero attached hydrogens (tertiary/aromatic N) is 1. The van der Waals surface area contributed by atoms with Gasteiger partial charge in [0.25, 0.3) is 0 Å². The van der Waals surface area contributed by atoms with Crippen LogP contribution in [0.1, 0.15) is 0 Å². The fraction of sp³-hybridized carbons (Fsp3) is 0. The van der Waals surface area contributed by atoms with Crippen molar-refractivity contribution in [2.75, 3.05) is 0 Å². The summed E-state index contributed by atoms with van der Waals surface area (Å²) >= 11 is 0. The van der Waals surface area contributed by atoms with E-state index in [0.717, 1.165) is 27.1 Å². The minimum absolute atomic E-state index is 0.346. The molecule has 0 amide bonds. The van der Waals surface area contributed by atoms with Crippen molar-refractivity contribution in [3.8, 4) is 0 Å². The van der Waals surface area contributed by atoms with Crippen LogP contribution < -0.4 is 5.63 Å². The fourth-order valence-electron chi connectivity index (χ4n) is 3.18. The zero-order chi connectivity index (χ0) is 15.4. The lowest BCUT2D eigenvalue weighted by atomic mass is 10.0. The van der Waals surface area contributed by atoms with Gasteiger partial charge in [0.05, 0.1) is 16.4 Å². The summed E-state index contributed by atoms with van der Waals surface area (Å²) in [5, 5.41) is 4.55.